The van der Waals surface area contributed by atoms with Crippen molar-refractivity contribution in [2.24, 2.45) is 5.73 Å². The van der Waals surface area contributed by atoms with Crippen LogP contribution >= 0.6 is 0 Å². The summed E-state index contributed by atoms with van der Waals surface area (Å²) >= 11 is 0. The molecule has 2 saturated heterocycles. The molecule has 2 atom stereocenters. The summed E-state index contributed by atoms with van der Waals surface area (Å²) in [6, 6.07) is -0.359. The first-order valence-electron chi connectivity index (χ1n) is 6.12. The number of nitrogens with one attached hydrogen (secondary N) is 1. The molecular formula is C10H19N3O4S. The van der Waals surface area contributed by atoms with E-state index < -0.39 is 21.4 Å². The summed E-state index contributed by atoms with van der Waals surface area (Å²) in [6.07, 6.45) is 1.70. The van der Waals surface area contributed by atoms with Gasteiger partial charge in [0.25, 0.3) is 10.1 Å². The minimum Gasteiger partial charge on any atom is -0.341 e. The van der Waals surface area contributed by atoms with Crippen molar-refractivity contribution in [1.82, 2.24) is 10.2 Å². The van der Waals surface area contributed by atoms with E-state index in [0.29, 0.717) is 13.1 Å². The van der Waals surface area contributed by atoms with Gasteiger partial charge in [-0.05, 0) is 19.3 Å². The van der Waals surface area contributed by atoms with Crippen LogP contribution in [0.5, 0.6) is 0 Å². The highest BCUT2D eigenvalue weighted by Gasteiger charge is 2.38. The van der Waals surface area contributed by atoms with E-state index in [1.807, 2.05) is 0 Å². The molecule has 1 amide bonds. The third-order valence-electron chi connectivity index (χ3n) is 3.66. The number of piperidine rings is 1. The number of hydrogen-bond donors (Lipinski definition) is 3. The van der Waals surface area contributed by atoms with E-state index in [9.17, 15) is 13.2 Å². The Morgan fingerprint density at radius 2 is 1.94 bits per heavy atom. The first-order chi connectivity index (χ1) is 8.38. The summed E-state index contributed by atoms with van der Waals surface area (Å²) in [4.78, 5) is 13.8. The van der Waals surface area contributed by atoms with Gasteiger partial charge in [0.2, 0.25) is 5.91 Å². The molecule has 0 aromatic carbocycles. The number of amides is 1. The summed E-state index contributed by atoms with van der Waals surface area (Å²) in [5.74, 6) is -0.0898. The second kappa shape index (κ2) is 5.12. The topological polar surface area (TPSA) is 113 Å². The molecule has 2 heterocycles. The molecular weight excluding hydrogens is 258 g/mol. The molecule has 8 heteroatoms. The molecule has 0 bridgehead atoms. The van der Waals surface area contributed by atoms with Crippen LogP contribution in [0.15, 0.2) is 0 Å². The third kappa shape index (κ3) is 3.00. The fourth-order valence-corrected chi connectivity index (χ4v) is 3.20. The zero-order valence-corrected chi connectivity index (χ0v) is 10.9. The van der Waals surface area contributed by atoms with Crippen LogP contribution in [0.3, 0.4) is 0 Å². The van der Waals surface area contributed by atoms with Crippen LogP contribution in [-0.2, 0) is 14.9 Å². The molecule has 104 valence electrons. The first kappa shape index (κ1) is 13.7. The van der Waals surface area contributed by atoms with Gasteiger partial charge in [0.15, 0.2) is 0 Å². The third-order valence-corrected chi connectivity index (χ3v) is 4.86. The predicted octanol–water partition coefficient (Wildman–Crippen LogP) is -1.45. The minimum atomic E-state index is -4.06. The van der Waals surface area contributed by atoms with Crippen molar-refractivity contribution in [2.45, 2.75) is 36.6 Å². The molecule has 0 aromatic heterocycles. The SMILES string of the molecule is NC1CCN(C(=O)[C@@H]2C[C@H](S(=O)(=O)O)CN2)CC1. The summed E-state index contributed by atoms with van der Waals surface area (Å²) < 4.78 is 30.9. The Hall–Kier alpha value is -0.700. The van der Waals surface area contributed by atoms with Crippen molar-refractivity contribution < 1.29 is 17.8 Å². The second-order valence-electron chi connectivity index (χ2n) is 5.00. The molecule has 7 nitrogen and oxygen atoms in total. The van der Waals surface area contributed by atoms with Crippen LogP contribution in [0, 0.1) is 0 Å². The lowest BCUT2D eigenvalue weighted by Crippen LogP contribution is -2.49. The van der Waals surface area contributed by atoms with Crippen LogP contribution in [0.1, 0.15) is 19.3 Å². The zero-order chi connectivity index (χ0) is 13.3. The molecule has 0 saturated carbocycles. The number of hydrogen-bond acceptors (Lipinski definition) is 5. The van der Waals surface area contributed by atoms with Crippen molar-refractivity contribution in [3.8, 4) is 0 Å². The molecule has 2 aliphatic heterocycles. The van der Waals surface area contributed by atoms with Crippen LogP contribution < -0.4 is 11.1 Å². The maximum atomic E-state index is 12.1. The van der Waals surface area contributed by atoms with Crippen molar-refractivity contribution in [2.75, 3.05) is 19.6 Å². The van der Waals surface area contributed by atoms with Gasteiger partial charge in [-0.2, -0.15) is 8.42 Å². The van der Waals surface area contributed by atoms with Gasteiger partial charge in [0, 0.05) is 25.7 Å². The molecule has 0 unspecified atom stereocenters. The summed E-state index contributed by atoms with van der Waals surface area (Å²) in [5.41, 5.74) is 5.76. The highest BCUT2D eigenvalue weighted by molar-refractivity contribution is 7.86. The molecule has 18 heavy (non-hydrogen) atoms. The molecule has 2 fully saturated rings. The molecule has 2 rings (SSSR count). The van der Waals surface area contributed by atoms with E-state index in [2.05, 4.69) is 5.32 Å². The number of carbonyl (C=O) groups is 1. The predicted molar refractivity (Wildman–Crippen MR) is 65.5 cm³/mol. The Morgan fingerprint density at radius 3 is 2.44 bits per heavy atom. The Balaban J connectivity index is 1.91. The Bertz CT molecular complexity index is 417. The molecule has 0 radical (unpaired) electrons. The number of carbonyl (C=O) groups excluding carboxylic acids is 1. The lowest BCUT2D eigenvalue weighted by Gasteiger charge is -2.32. The molecule has 0 spiro atoms. The maximum Gasteiger partial charge on any atom is 0.269 e. The van der Waals surface area contributed by atoms with E-state index in [4.69, 9.17) is 10.3 Å². The Morgan fingerprint density at radius 1 is 1.33 bits per heavy atom. The minimum absolute atomic E-state index is 0.0898. The number of nitrogens with two attached hydrogens (primary N) is 1. The van der Waals surface area contributed by atoms with Crippen LogP contribution in [-0.4, -0.2) is 60.7 Å². The second-order valence-corrected chi connectivity index (χ2v) is 6.69. The van der Waals surface area contributed by atoms with Crippen LogP contribution in [0.2, 0.25) is 0 Å². The van der Waals surface area contributed by atoms with Gasteiger partial charge in [0.05, 0.1) is 6.04 Å². The van der Waals surface area contributed by atoms with Gasteiger partial charge in [-0.3, -0.25) is 9.35 Å². The Kier molecular flexibility index (Phi) is 3.90. The quantitative estimate of drug-likeness (QED) is 0.533. The zero-order valence-electron chi connectivity index (χ0n) is 10.1. The van der Waals surface area contributed by atoms with Gasteiger partial charge in [0.1, 0.15) is 5.25 Å². The monoisotopic (exact) mass is 277 g/mol. The number of likely N-dealkylation sites (tertiary alicyclic amines) is 1. The fourth-order valence-electron chi connectivity index (χ4n) is 2.46. The average molecular weight is 277 g/mol. The first-order valence-corrected chi connectivity index (χ1v) is 7.62. The fraction of sp³-hybridized carbons (Fsp3) is 0.900. The van der Waals surface area contributed by atoms with E-state index in [0.717, 1.165) is 12.8 Å². The summed E-state index contributed by atoms with van der Waals surface area (Å²) in [6.45, 7) is 1.37. The van der Waals surface area contributed by atoms with Crippen LogP contribution in [0.4, 0.5) is 0 Å². The van der Waals surface area contributed by atoms with Gasteiger partial charge in [-0.25, -0.2) is 0 Å². The largest absolute Gasteiger partial charge is 0.341 e. The number of rotatable bonds is 2. The van der Waals surface area contributed by atoms with Crippen molar-refractivity contribution in [1.29, 1.82) is 0 Å². The lowest BCUT2D eigenvalue weighted by molar-refractivity contribution is -0.134. The summed E-state index contributed by atoms with van der Waals surface area (Å²) in [5, 5.41) is 1.98. The number of nitrogens with zero attached hydrogens (tertiary/aromatic N) is 1. The van der Waals surface area contributed by atoms with E-state index in [-0.39, 0.29) is 24.9 Å². The standard InChI is InChI=1S/C10H19N3O4S/c11-7-1-3-13(4-2-7)10(14)9-5-8(6-12-9)18(15,16)17/h7-9,12H,1-6,11H2,(H,15,16,17)/t8-,9-/m0/s1. The van der Waals surface area contributed by atoms with Gasteiger partial charge in [-0.15, -0.1) is 0 Å². The normalized spacial score (nSPS) is 30.7. The molecule has 0 aromatic rings. The van der Waals surface area contributed by atoms with Gasteiger partial charge < -0.3 is 16.0 Å². The van der Waals surface area contributed by atoms with E-state index >= 15 is 0 Å². The molecule has 4 N–H and O–H groups in total. The van der Waals surface area contributed by atoms with Gasteiger partial charge in [-0.1, -0.05) is 0 Å². The van der Waals surface area contributed by atoms with Crippen molar-refractivity contribution in [3.63, 3.8) is 0 Å². The van der Waals surface area contributed by atoms with Crippen molar-refractivity contribution >= 4 is 16.0 Å². The van der Waals surface area contributed by atoms with E-state index in [1.54, 1.807) is 4.90 Å². The maximum absolute atomic E-state index is 12.1. The smallest absolute Gasteiger partial charge is 0.269 e. The molecule has 2 aliphatic rings. The summed E-state index contributed by atoms with van der Waals surface area (Å²) in [7, 11) is -4.06. The Labute approximate surface area is 106 Å². The average Bonchev–Trinajstić information content (AvgIpc) is 2.78. The molecule has 0 aliphatic carbocycles. The highest BCUT2D eigenvalue weighted by Crippen LogP contribution is 2.18. The van der Waals surface area contributed by atoms with Crippen molar-refractivity contribution in [3.05, 3.63) is 0 Å². The van der Waals surface area contributed by atoms with Gasteiger partial charge >= 0.3 is 0 Å². The van der Waals surface area contributed by atoms with Crippen LogP contribution in [0.25, 0.3) is 0 Å². The lowest BCUT2D eigenvalue weighted by atomic mass is 10.0. The van der Waals surface area contributed by atoms with E-state index in [1.165, 1.54) is 0 Å². The highest BCUT2D eigenvalue weighted by atomic mass is 32.2.